The Morgan fingerprint density at radius 1 is 1.07 bits per heavy atom. The predicted octanol–water partition coefficient (Wildman–Crippen LogP) is 4.15. The van der Waals surface area contributed by atoms with Gasteiger partial charge in [-0.1, -0.05) is 45.7 Å². The van der Waals surface area contributed by atoms with E-state index in [1.165, 1.54) is 36.1 Å². The summed E-state index contributed by atoms with van der Waals surface area (Å²) in [5, 5.41) is 3.39. The number of aryl methyl sites for hydroxylation is 1. The smallest absolute Gasteiger partial charge is 0.234 e. The van der Waals surface area contributed by atoms with E-state index in [9.17, 15) is 4.79 Å². The Bertz CT molecular complexity index is 671. The molecule has 1 aromatic rings. The van der Waals surface area contributed by atoms with Gasteiger partial charge in [0.2, 0.25) is 5.91 Å². The number of anilines is 1. The van der Waals surface area contributed by atoms with Crippen LogP contribution in [-0.2, 0) is 4.79 Å². The Morgan fingerprint density at radius 3 is 2.43 bits per heavy atom. The third-order valence-electron chi connectivity index (χ3n) is 6.88. The number of amides is 1. The normalized spacial score (nSPS) is 24.2. The number of hydrogen-bond donors (Lipinski definition) is 1. The second-order valence-corrected chi connectivity index (χ2v) is 9.91. The first-order valence-corrected chi connectivity index (χ1v) is 11.1. The fourth-order valence-corrected chi connectivity index (χ4v) is 5.02. The topological polar surface area (TPSA) is 35.6 Å². The van der Waals surface area contributed by atoms with Crippen molar-refractivity contribution in [2.24, 2.45) is 11.3 Å². The Balaban J connectivity index is 1.50. The van der Waals surface area contributed by atoms with Crippen molar-refractivity contribution in [1.82, 2.24) is 10.2 Å². The van der Waals surface area contributed by atoms with Crippen molar-refractivity contribution in [3.8, 4) is 0 Å². The van der Waals surface area contributed by atoms with E-state index in [1.54, 1.807) is 0 Å². The molecule has 1 saturated carbocycles. The molecule has 1 amide bonds. The molecule has 1 aromatic carbocycles. The first-order chi connectivity index (χ1) is 13.3. The molecule has 3 rings (SSSR count). The van der Waals surface area contributed by atoms with Gasteiger partial charge in [0.05, 0.1) is 6.54 Å². The molecular weight excluding hydrogens is 346 g/mol. The molecule has 0 bridgehead atoms. The second kappa shape index (κ2) is 8.86. The van der Waals surface area contributed by atoms with Crippen LogP contribution in [0.25, 0.3) is 0 Å². The molecule has 1 saturated heterocycles. The van der Waals surface area contributed by atoms with E-state index in [0.717, 1.165) is 32.6 Å². The summed E-state index contributed by atoms with van der Waals surface area (Å²) in [6.45, 7) is 15.8. The number of carbonyl (C=O) groups excluding carboxylic acids is 1. The Hall–Kier alpha value is -1.55. The Morgan fingerprint density at radius 2 is 1.75 bits per heavy atom. The predicted molar refractivity (Wildman–Crippen MR) is 118 cm³/mol. The molecule has 1 aliphatic heterocycles. The average Bonchev–Trinajstić information content (AvgIpc) is 2.64. The molecule has 0 spiro atoms. The SMILES string of the molecule is Cc1cccc(N2CCN(CC(=O)N[C@H]3CCCC[C@@H]3C(C)(C)C)CC2)c1C. The van der Waals surface area contributed by atoms with E-state index < -0.39 is 0 Å². The van der Waals surface area contributed by atoms with Crippen molar-refractivity contribution in [1.29, 1.82) is 0 Å². The van der Waals surface area contributed by atoms with Gasteiger partial charge < -0.3 is 10.2 Å². The Labute approximate surface area is 171 Å². The summed E-state index contributed by atoms with van der Waals surface area (Å²) in [7, 11) is 0. The highest BCUT2D eigenvalue weighted by Gasteiger charge is 2.35. The number of benzene rings is 1. The highest BCUT2D eigenvalue weighted by molar-refractivity contribution is 5.78. The standard InChI is InChI=1S/C24H39N3O/c1-18-9-8-12-22(19(18)2)27-15-13-26(14-16-27)17-23(28)25-21-11-7-6-10-20(21)24(3,4)5/h8-9,12,20-21H,6-7,10-11,13-17H2,1-5H3,(H,25,28)/t20-,21-/m0/s1. The van der Waals surface area contributed by atoms with Crippen molar-refractivity contribution in [3.63, 3.8) is 0 Å². The van der Waals surface area contributed by atoms with Crippen LogP contribution in [0.5, 0.6) is 0 Å². The monoisotopic (exact) mass is 385 g/mol. The maximum atomic E-state index is 12.7. The number of nitrogens with zero attached hydrogens (tertiary/aromatic N) is 2. The van der Waals surface area contributed by atoms with Gasteiger partial charge in [-0.15, -0.1) is 0 Å². The molecular formula is C24H39N3O. The highest BCUT2D eigenvalue weighted by atomic mass is 16.2. The maximum absolute atomic E-state index is 12.7. The number of hydrogen-bond acceptors (Lipinski definition) is 3. The van der Waals surface area contributed by atoms with Gasteiger partial charge in [-0.3, -0.25) is 9.69 Å². The van der Waals surface area contributed by atoms with Crippen LogP contribution in [0.15, 0.2) is 18.2 Å². The van der Waals surface area contributed by atoms with Gasteiger partial charge in [0.15, 0.2) is 0 Å². The van der Waals surface area contributed by atoms with E-state index in [-0.39, 0.29) is 11.3 Å². The van der Waals surface area contributed by atoms with Crippen LogP contribution < -0.4 is 10.2 Å². The summed E-state index contributed by atoms with van der Waals surface area (Å²) >= 11 is 0. The van der Waals surface area contributed by atoms with Crippen LogP contribution in [0.2, 0.25) is 0 Å². The molecule has 1 aliphatic carbocycles. The summed E-state index contributed by atoms with van der Waals surface area (Å²) < 4.78 is 0. The van der Waals surface area contributed by atoms with Crippen molar-refractivity contribution < 1.29 is 4.79 Å². The van der Waals surface area contributed by atoms with Crippen LogP contribution in [0.1, 0.15) is 57.6 Å². The fraction of sp³-hybridized carbons (Fsp3) is 0.708. The van der Waals surface area contributed by atoms with E-state index in [2.05, 4.69) is 67.9 Å². The van der Waals surface area contributed by atoms with Crippen molar-refractivity contribution >= 4 is 11.6 Å². The fourth-order valence-electron chi connectivity index (χ4n) is 5.02. The van der Waals surface area contributed by atoms with E-state index >= 15 is 0 Å². The van der Waals surface area contributed by atoms with Crippen LogP contribution in [-0.4, -0.2) is 49.6 Å². The molecule has 0 radical (unpaired) electrons. The molecule has 28 heavy (non-hydrogen) atoms. The summed E-state index contributed by atoms with van der Waals surface area (Å²) in [6.07, 6.45) is 4.91. The van der Waals surface area contributed by atoms with Gasteiger partial charge in [0.25, 0.3) is 0 Å². The van der Waals surface area contributed by atoms with Crippen LogP contribution in [0.4, 0.5) is 5.69 Å². The summed E-state index contributed by atoms with van der Waals surface area (Å²) in [5.74, 6) is 0.799. The third kappa shape index (κ3) is 5.08. The van der Waals surface area contributed by atoms with Crippen molar-refractivity contribution in [3.05, 3.63) is 29.3 Å². The van der Waals surface area contributed by atoms with Gasteiger partial charge in [-0.05, 0) is 55.2 Å². The lowest BCUT2D eigenvalue weighted by molar-refractivity contribution is -0.124. The quantitative estimate of drug-likeness (QED) is 0.846. The minimum Gasteiger partial charge on any atom is -0.369 e. The zero-order valence-corrected chi connectivity index (χ0v) is 18.6. The van der Waals surface area contributed by atoms with Crippen molar-refractivity contribution in [2.75, 3.05) is 37.6 Å². The Kier molecular flexibility index (Phi) is 6.69. The first-order valence-electron chi connectivity index (χ1n) is 11.1. The molecule has 2 atom stereocenters. The minimum absolute atomic E-state index is 0.210. The molecule has 4 heteroatoms. The molecule has 1 N–H and O–H groups in total. The van der Waals surface area contributed by atoms with Gasteiger partial charge in [0.1, 0.15) is 0 Å². The van der Waals surface area contributed by atoms with Crippen molar-refractivity contribution in [2.45, 2.75) is 66.3 Å². The van der Waals surface area contributed by atoms with Crippen LogP contribution in [0.3, 0.4) is 0 Å². The number of rotatable bonds is 4. The van der Waals surface area contributed by atoms with E-state index in [0.29, 0.717) is 18.5 Å². The molecule has 1 heterocycles. The van der Waals surface area contributed by atoms with Crippen LogP contribution >= 0.6 is 0 Å². The molecule has 2 aliphatic rings. The van der Waals surface area contributed by atoms with Gasteiger partial charge in [0, 0.05) is 37.9 Å². The molecule has 0 unspecified atom stereocenters. The second-order valence-electron chi connectivity index (χ2n) is 9.91. The summed E-state index contributed by atoms with van der Waals surface area (Å²) in [6, 6.07) is 6.89. The molecule has 2 fully saturated rings. The summed E-state index contributed by atoms with van der Waals surface area (Å²) in [4.78, 5) is 17.5. The summed E-state index contributed by atoms with van der Waals surface area (Å²) in [5.41, 5.74) is 4.33. The maximum Gasteiger partial charge on any atom is 0.234 e. The van der Waals surface area contributed by atoms with E-state index in [1.807, 2.05) is 0 Å². The third-order valence-corrected chi connectivity index (χ3v) is 6.88. The highest BCUT2D eigenvalue weighted by Crippen LogP contribution is 2.38. The largest absolute Gasteiger partial charge is 0.369 e. The average molecular weight is 386 g/mol. The number of carbonyl (C=O) groups is 1. The lowest BCUT2D eigenvalue weighted by atomic mass is 9.69. The lowest BCUT2D eigenvalue weighted by Crippen LogP contribution is -2.52. The first kappa shape index (κ1) is 21.2. The van der Waals surface area contributed by atoms with E-state index in [4.69, 9.17) is 0 Å². The zero-order valence-electron chi connectivity index (χ0n) is 18.6. The lowest BCUT2D eigenvalue weighted by Gasteiger charge is -2.41. The molecule has 4 nitrogen and oxygen atoms in total. The minimum atomic E-state index is 0.210. The van der Waals surface area contributed by atoms with Crippen LogP contribution in [0, 0.1) is 25.2 Å². The number of nitrogens with one attached hydrogen (secondary N) is 1. The molecule has 156 valence electrons. The van der Waals surface area contributed by atoms with Gasteiger partial charge in [-0.25, -0.2) is 0 Å². The zero-order chi connectivity index (χ0) is 20.3. The van der Waals surface area contributed by atoms with Gasteiger partial charge in [-0.2, -0.15) is 0 Å². The van der Waals surface area contributed by atoms with Gasteiger partial charge >= 0.3 is 0 Å². The molecule has 0 aromatic heterocycles. The number of piperazine rings is 1.